The van der Waals surface area contributed by atoms with Crippen LogP contribution in [0.1, 0.15) is 15.9 Å². The van der Waals surface area contributed by atoms with Crippen molar-refractivity contribution in [3.63, 3.8) is 0 Å². The summed E-state index contributed by atoms with van der Waals surface area (Å²) in [7, 11) is 1.49. The summed E-state index contributed by atoms with van der Waals surface area (Å²) in [6, 6.07) is 11.2. The smallest absolute Gasteiger partial charge is 0.195 e. The van der Waals surface area contributed by atoms with Gasteiger partial charge in [-0.05, 0) is 24.3 Å². The van der Waals surface area contributed by atoms with E-state index in [0.29, 0.717) is 22.6 Å². The van der Waals surface area contributed by atoms with Gasteiger partial charge in [-0.1, -0.05) is 18.2 Å². The maximum absolute atomic E-state index is 12.2. The highest BCUT2D eigenvalue weighted by Gasteiger charge is 2.15. The molecule has 0 aliphatic heterocycles. The predicted octanol–water partition coefficient (Wildman–Crippen LogP) is 2.21. The lowest BCUT2D eigenvalue weighted by atomic mass is 10.0. The third-order valence-electron chi connectivity index (χ3n) is 2.64. The molecule has 18 heavy (non-hydrogen) atoms. The van der Waals surface area contributed by atoms with Gasteiger partial charge in [0.25, 0.3) is 0 Å². The van der Waals surface area contributed by atoms with E-state index in [4.69, 9.17) is 10.5 Å². The number of anilines is 1. The van der Waals surface area contributed by atoms with Gasteiger partial charge in [-0.15, -0.1) is 0 Å². The standard InChI is InChI=1S/C14H13NO3/c1-18-12-7-3-6-11(13(12)15)14(17)9-4-2-5-10(16)8-9/h2-8,16H,15H2,1H3. The molecule has 2 aromatic carbocycles. The van der Waals surface area contributed by atoms with Gasteiger partial charge < -0.3 is 15.6 Å². The lowest BCUT2D eigenvalue weighted by molar-refractivity contribution is 0.103. The molecule has 0 radical (unpaired) electrons. The third-order valence-corrected chi connectivity index (χ3v) is 2.64. The first-order chi connectivity index (χ1) is 8.63. The van der Waals surface area contributed by atoms with Gasteiger partial charge in [0, 0.05) is 11.1 Å². The number of benzene rings is 2. The lowest BCUT2D eigenvalue weighted by Gasteiger charge is -2.09. The number of para-hydroxylation sites is 1. The average Bonchev–Trinajstić information content (AvgIpc) is 2.38. The number of ketones is 1. The van der Waals surface area contributed by atoms with E-state index in [1.165, 1.54) is 19.2 Å². The molecule has 0 bridgehead atoms. The highest BCUT2D eigenvalue weighted by atomic mass is 16.5. The monoisotopic (exact) mass is 243 g/mol. The maximum Gasteiger partial charge on any atom is 0.195 e. The molecule has 0 heterocycles. The van der Waals surface area contributed by atoms with E-state index in [-0.39, 0.29) is 11.5 Å². The van der Waals surface area contributed by atoms with Crippen molar-refractivity contribution in [3.8, 4) is 11.5 Å². The quantitative estimate of drug-likeness (QED) is 0.640. The Morgan fingerprint density at radius 2 is 1.94 bits per heavy atom. The Morgan fingerprint density at radius 3 is 2.61 bits per heavy atom. The minimum atomic E-state index is -0.248. The number of ether oxygens (including phenoxy) is 1. The van der Waals surface area contributed by atoms with Gasteiger partial charge in [0.1, 0.15) is 11.5 Å². The second-order valence-corrected chi connectivity index (χ2v) is 3.80. The Hall–Kier alpha value is -2.49. The minimum absolute atomic E-state index is 0.0438. The van der Waals surface area contributed by atoms with E-state index in [0.717, 1.165) is 0 Å². The zero-order valence-corrected chi connectivity index (χ0v) is 9.88. The number of nitrogens with two attached hydrogens (primary N) is 1. The maximum atomic E-state index is 12.2. The van der Waals surface area contributed by atoms with Gasteiger partial charge in [0.2, 0.25) is 0 Å². The fraction of sp³-hybridized carbons (Fsp3) is 0.0714. The van der Waals surface area contributed by atoms with Crippen molar-refractivity contribution in [1.82, 2.24) is 0 Å². The van der Waals surface area contributed by atoms with Crippen molar-refractivity contribution in [2.45, 2.75) is 0 Å². The summed E-state index contributed by atoms with van der Waals surface area (Å²) in [4.78, 5) is 12.2. The summed E-state index contributed by atoms with van der Waals surface area (Å²) in [6.45, 7) is 0. The van der Waals surface area contributed by atoms with Gasteiger partial charge in [-0.2, -0.15) is 0 Å². The SMILES string of the molecule is COc1cccc(C(=O)c2cccc(O)c2)c1N. The Bertz CT molecular complexity index is 593. The largest absolute Gasteiger partial charge is 0.508 e. The van der Waals surface area contributed by atoms with Crippen LogP contribution in [0.4, 0.5) is 5.69 Å². The van der Waals surface area contributed by atoms with Crippen molar-refractivity contribution >= 4 is 11.5 Å². The molecule has 0 aliphatic rings. The number of carbonyl (C=O) groups is 1. The Labute approximate surface area is 105 Å². The highest BCUT2D eigenvalue weighted by molar-refractivity contribution is 6.12. The first kappa shape index (κ1) is 12.0. The molecule has 0 saturated carbocycles. The third kappa shape index (κ3) is 2.13. The predicted molar refractivity (Wildman–Crippen MR) is 68.9 cm³/mol. The van der Waals surface area contributed by atoms with Crippen molar-refractivity contribution in [1.29, 1.82) is 0 Å². The van der Waals surface area contributed by atoms with E-state index in [9.17, 15) is 9.90 Å². The summed E-state index contributed by atoms with van der Waals surface area (Å²) in [5, 5.41) is 9.37. The van der Waals surface area contributed by atoms with Crippen LogP contribution >= 0.6 is 0 Å². The molecule has 0 fully saturated rings. The van der Waals surface area contributed by atoms with Crippen LogP contribution in [0.3, 0.4) is 0 Å². The normalized spacial score (nSPS) is 10.1. The fourth-order valence-corrected chi connectivity index (χ4v) is 1.72. The molecule has 0 spiro atoms. The lowest BCUT2D eigenvalue weighted by Crippen LogP contribution is -2.06. The molecule has 0 atom stereocenters. The fourth-order valence-electron chi connectivity index (χ4n) is 1.72. The Morgan fingerprint density at radius 1 is 1.22 bits per heavy atom. The molecule has 92 valence electrons. The van der Waals surface area contributed by atoms with Crippen molar-refractivity contribution in [2.24, 2.45) is 0 Å². The van der Waals surface area contributed by atoms with Crippen LogP contribution in [0.25, 0.3) is 0 Å². The zero-order chi connectivity index (χ0) is 13.1. The summed E-state index contributed by atoms with van der Waals surface area (Å²) in [5.41, 5.74) is 6.91. The molecular formula is C14H13NO3. The molecule has 4 heteroatoms. The van der Waals surface area contributed by atoms with Crippen LogP contribution in [-0.4, -0.2) is 18.0 Å². The highest BCUT2D eigenvalue weighted by Crippen LogP contribution is 2.27. The summed E-state index contributed by atoms with van der Waals surface area (Å²) >= 11 is 0. The van der Waals surface area contributed by atoms with Gasteiger partial charge in [-0.25, -0.2) is 0 Å². The van der Waals surface area contributed by atoms with Gasteiger partial charge >= 0.3 is 0 Å². The summed E-state index contributed by atoms with van der Waals surface area (Å²) in [5.74, 6) is 0.255. The molecule has 2 rings (SSSR count). The van der Waals surface area contributed by atoms with E-state index < -0.39 is 0 Å². The van der Waals surface area contributed by atoms with Crippen LogP contribution in [0.15, 0.2) is 42.5 Å². The summed E-state index contributed by atoms with van der Waals surface area (Å²) < 4.78 is 5.07. The van der Waals surface area contributed by atoms with Crippen LogP contribution in [0.2, 0.25) is 0 Å². The van der Waals surface area contributed by atoms with Crippen LogP contribution in [0, 0.1) is 0 Å². The van der Waals surface area contributed by atoms with E-state index in [1.54, 1.807) is 30.3 Å². The number of phenols is 1. The average molecular weight is 243 g/mol. The first-order valence-electron chi connectivity index (χ1n) is 5.39. The minimum Gasteiger partial charge on any atom is -0.508 e. The number of phenolic OH excluding ortho intramolecular Hbond substituents is 1. The van der Waals surface area contributed by atoms with E-state index >= 15 is 0 Å². The molecule has 2 aromatic rings. The first-order valence-corrected chi connectivity index (χ1v) is 5.39. The number of hydrogen-bond acceptors (Lipinski definition) is 4. The molecule has 4 nitrogen and oxygen atoms in total. The molecular weight excluding hydrogens is 230 g/mol. The van der Waals surface area contributed by atoms with E-state index in [2.05, 4.69) is 0 Å². The summed E-state index contributed by atoms with van der Waals surface area (Å²) in [6.07, 6.45) is 0. The van der Waals surface area contributed by atoms with Gasteiger partial charge in [0.05, 0.1) is 12.8 Å². The molecule has 0 aliphatic carbocycles. The number of nitrogen functional groups attached to an aromatic ring is 1. The number of carbonyl (C=O) groups excluding carboxylic acids is 1. The van der Waals surface area contributed by atoms with Crippen molar-refractivity contribution < 1.29 is 14.6 Å². The number of aromatic hydroxyl groups is 1. The van der Waals surface area contributed by atoms with Crippen LogP contribution in [-0.2, 0) is 0 Å². The topological polar surface area (TPSA) is 72.5 Å². The van der Waals surface area contributed by atoms with Crippen LogP contribution < -0.4 is 10.5 Å². The zero-order valence-electron chi connectivity index (χ0n) is 9.88. The number of hydrogen-bond donors (Lipinski definition) is 2. The number of methoxy groups -OCH3 is 1. The second kappa shape index (κ2) is 4.79. The second-order valence-electron chi connectivity index (χ2n) is 3.80. The Kier molecular flexibility index (Phi) is 3.19. The van der Waals surface area contributed by atoms with Crippen molar-refractivity contribution in [3.05, 3.63) is 53.6 Å². The van der Waals surface area contributed by atoms with Crippen LogP contribution in [0.5, 0.6) is 11.5 Å². The van der Waals surface area contributed by atoms with Crippen molar-refractivity contribution in [2.75, 3.05) is 12.8 Å². The molecule has 0 saturated heterocycles. The molecule has 0 amide bonds. The van der Waals surface area contributed by atoms with Gasteiger partial charge in [-0.3, -0.25) is 4.79 Å². The Balaban J connectivity index is 2.46. The van der Waals surface area contributed by atoms with Gasteiger partial charge in [0.15, 0.2) is 5.78 Å². The molecule has 0 aromatic heterocycles. The molecule has 3 N–H and O–H groups in total. The molecule has 0 unspecified atom stereocenters. The van der Waals surface area contributed by atoms with E-state index in [1.807, 2.05) is 0 Å². The number of rotatable bonds is 3.